The molecule has 0 atom stereocenters. The standard InChI is InChI=1S/C22H22N2O2S/c1-16(18-9-11-21(26-2)12-10-18)23-24-22(25)15-27-14-17-7-8-19-5-3-4-6-20(19)13-17/h3-13H,14-15H2,1-2H3,(H,24,25)/b23-16-. The van der Waals surface area contributed by atoms with Gasteiger partial charge in [-0.25, -0.2) is 5.43 Å². The minimum atomic E-state index is -0.103. The topological polar surface area (TPSA) is 50.7 Å². The lowest BCUT2D eigenvalue weighted by Crippen LogP contribution is -2.21. The molecule has 3 rings (SSSR count). The number of fused-ring (bicyclic) bond motifs is 1. The van der Waals surface area contributed by atoms with Crippen molar-refractivity contribution in [3.8, 4) is 5.75 Å². The van der Waals surface area contributed by atoms with Gasteiger partial charge in [0.1, 0.15) is 5.75 Å². The van der Waals surface area contributed by atoms with E-state index in [1.165, 1.54) is 16.3 Å². The summed E-state index contributed by atoms with van der Waals surface area (Å²) in [4.78, 5) is 12.0. The van der Waals surface area contributed by atoms with Crippen molar-refractivity contribution in [2.45, 2.75) is 12.7 Å². The van der Waals surface area contributed by atoms with Gasteiger partial charge in [-0.15, -0.1) is 11.8 Å². The zero-order valence-corrected chi connectivity index (χ0v) is 16.3. The highest BCUT2D eigenvalue weighted by Gasteiger charge is 2.03. The zero-order chi connectivity index (χ0) is 19.1. The number of carbonyl (C=O) groups excluding carboxylic acids is 1. The number of carbonyl (C=O) groups is 1. The maximum absolute atomic E-state index is 12.0. The SMILES string of the molecule is COc1ccc(/C(C)=N\NC(=O)CSCc2ccc3ccccc3c2)cc1. The van der Waals surface area contributed by atoms with Crippen molar-refractivity contribution < 1.29 is 9.53 Å². The van der Waals surface area contributed by atoms with E-state index in [4.69, 9.17) is 4.74 Å². The summed E-state index contributed by atoms with van der Waals surface area (Å²) >= 11 is 1.58. The molecule has 0 aliphatic carbocycles. The molecule has 0 heterocycles. The largest absolute Gasteiger partial charge is 0.497 e. The van der Waals surface area contributed by atoms with Crippen molar-refractivity contribution in [3.05, 3.63) is 77.9 Å². The van der Waals surface area contributed by atoms with E-state index >= 15 is 0 Å². The van der Waals surface area contributed by atoms with Gasteiger partial charge in [0.2, 0.25) is 5.91 Å². The van der Waals surface area contributed by atoms with Gasteiger partial charge in [-0.1, -0.05) is 42.5 Å². The van der Waals surface area contributed by atoms with Crippen molar-refractivity contribution in [2.24, 2.45) is 5.10 Å². The summed E-state index contributed by atoms with van der Waals surface area (Å²) in [5.41, 5.74) is 5.53. The number of nitrogens with one attached hydrogen (secondary N) is 1. The van der Waals surface area contributed by atoms with Crippen LogP contribution < -0.4 is 10.2 Å². The second kappa shape index (κ2) is 9.24. The van der Waals surface area contributed by atoms with Crippen LogP contribution in [0.2, 0.25) is 0 Å². The smallest absolute Gasteiger partial charge is 0.250 e. The van der Waals surface area contributed by atoms with Crippen LogP contribution in [0.1, 0.15) is 18.1 Å². The van der Waals surface area contributed by atoms with Gasteiger partial charge >= 0.3 is 0 Å². The Bertz CT molecular complexity index is 952. The number of methoxy groups -OCH3 is 1. The second-order valence-electron chi connectivity index (χ2n) is 6.13. The molecule has 138 valence electrons. The predicted octanol–water partition coefficient (Wildman–Crippen LogP) is 4.62. The van der Waals surface area contributed by atoms with Gasteiger partial charge in [0, 0.05) is 5.75 Å². The lowest BCUT2D eigenvalue weighted by molar-refractivity contribution is -0.118. The molecule has 3 aromatic carbocycles. The van der Waals surface area contributed by atoms with Gasteiger partial charge in [-0.3, -0.25) is 4.79 Å². The fraction of sp³-hybridized carbons (Fsp3) is 0.182. The van der Waals surface area contributed by atoms with Gasteiger partial charge < -0.3 is 4.74 Å². The monoisotopic (exact) mass is 378 g/mol. The zero-order valence-electron chi connectivity index (χ0n) is 15.4. The van der Waals surface area contributed by atoms with Crippen LogP contribution in [-0.4, -0.2) is 24.5 Å². The molecule has 3 aromatic rings. The molecule has 0 aliphatic rings. The van der Waals surface area contributed by atoms with E-state index in [0.717, 1.165) is 22.8 Å². The number of benzene rings is 3. The van der Waals surface area contributed by atoms with Crippen molar-refractivity contribution >= 4 is 34.2 Å². The normalized spacial score (nSPS) is 11.4. The molecule has 0 saturated heterocycles. The highest BCUT2D eigenvalue weighted by molar-refractivity contribution is 7.99. The lowest BCUT2D eigenvalue weighted by atomic mass is 10.1. The minimum Gasteiger partial charge on any atom is -0.497 e. The number of ether oxygens (including phenoxy) is 1. The average molecular weight is 378 g/mol. The molecule has 0 radical (unpaired) electrons. The van der Waals surface area contributed by atoms with E-state index in [-0.39, 0.29) is 5.91 Å². The molecular weight excluding hydrogens is 356 g/mol. The van der Waals surface area contributed by atoms with Crippen molar-refractivity contribution in [3.63, 3.8) is 0 Å². The van der Waals surface area contributed by atoms with Crippen LogP contribution in [0.25, 0.3) is 10.8 Å². The first-order valence-corrected chi connectivity index (χ1v) is 9.84. The van der Waals surface area contributed by atoms with Crippen LogP contribution in [0.5, 0.6) is 5.75 Å². The highest BCUT2D eigenvalue weighted by Crippen LogP contribution is 2.19. The summed E-state index contributed by atoms with van der Waals surface area (Å²) in [6.45, 7) is 1.87. The Morgan fingerprint density at radius 1 is 1.04 bits per heavy atom. The van der Waals surface area contributed by atoms with Crippen LogP contribution >= 0.6 is 11.8 Å². The van der Waals surface area contributed by atoms with E-state index in [1.807, 2.05) is 43.3 Å². The van der Waals surface area contributed by atoms with Gasteiger partial charge in [0.15, 0.2) is 0 Å². The molecule has 0 saturated carbocycles. The number of nitrogens with zero attached hydrogens (tertiary/aromatic N) is 1. The molecular formula is C22H22N2O2S. The van der Waals surface area contributed by atoms with Gasteiger partial charge in [0.05, 0.1) is 18.6 Å². The average Bonchev–Trinajstić information content (AvgIpc) is 2.72. The van der Waals surface area contributed by atoms with E-state index < -0.39 is 0 Å². The lowest BCUT2D eigenvalue weighted by Gasteiger charge is -2.05. The van der Waals surface area contributed by atoms with Crippen LogP contribution in [-0.2, 0) is 10.5 Å². The number of hydrogen-bond donors (Lipinski definition) is 1. The summed E-state index contributed by atoms with van der Waals surface area (Å²) in [7, 11) is 1.63. The maximum atomic E-state index is 12.0. The molecule has 27 heavy (non-hydrogen) atoms. The molecule has 0 unspecified atom stereocenters. The Labute approximate surface area is 163 Å². The van der Waals surface area contributed by atoms with Crippen LogP contribution in [0, 0.1) is 0 Å². The van der Waals surface area contributed by atoms with Crippen LogP contribution in [0.15, 0.2) is 71.8 Å². The van der Waals surface area contributed by atoms with Crippen LogP contribution in [0.3, 0.4) is 0 Å². The second-order valence-corrected chi connectivity index (χ2v) is 7.12. The number of thioether (sulfide) groups is 1. The fourth-order valence-corrected chi connectivity index (χ4v) is 3.43. The van der Waals surface area contributed by atoms with E-state index in [2.05, 4.69) is 40.9 Å². The summed E-state index contributed by atoms with van der Waals surface area (Å²) < 4.78 is 5.14. The van der Waals surface area contributed by atoms with Crippen molar-refractivity contribution in [1.29, 1.82) is 0 Å². The summed E-state index contributed by atoms with van der Waals surface area (Å²) in [5, 5.41) is 6.63. The first-order valence-electron chi connectivity index (χ1n) is 8.68. The molecule has 0 bridgehead atoms. The molecule has 4 nitrogen and oxygen atoms in total. The van der Waals surface area contributed by atoms with Gasteiger partial charge in [-0.05, 0) is 53.1 Å². The summed E-state index contributed by atoms with van der Waals surface area (Å²) in [6, 6.07) is 22.3. The molecule has 0 aromatic heterocycles. The summed E-state index contributed by atoms with van der Waals surface area (Å²) in [5.74, 6) is 1.85. The third-order valence-electron chi connectivity index (χ3n) is 4.17. The fourth-order valence-electron chi connectivity index (χ4n) is 2.67. The molecule has 0 aliphatic heterocycles. The Hall–Kier alpha value is -2.79. The molecule has 0 spiro atoms. The Morgan fingerprint density at radius 3 is 2.52 bits per heavy atom. The number of amides is 1. The van der Waals surface area contributed by atoms with Gasteiger partial charge in [0.25, 0.3) is 0 Å². The quantitative estimate of drug-likeness (QED) is 0.482. The molecule has 1 amide bonds. The van der Waals surface area contributed by atoms with Crippen molar-refractivity contribution in [1.82, 2.24) is 5.43 Å². The molecule has 5 heteroatoms. The van der Waals surface area contributed by atoms with E-state index in [1.54, 1.807) is 18.9 Å². The minimum absolute atomic E-state index is 0.103. The molecule has 1 N–H and O–H groups in total. The summed E-state index contributed by atoms with van der Waals surface area (Å²) in [6.07, 6.45) is 0. The van der Waals surface area contributed by atoms with Crippen LogP contribution in [0.4, 0.5) is 0 Å². The third kappa shape index (κ3) is 5.34. The predicted molar refractivity (Wildman–Crippen MR) is 113 cm³/mol. The van der Waals surface area contributed by atoms with E-state index in [0.29, 0.717) is 5.75 Å². The highest BCUT2D eigenvalue weighted by atomic mass is 32.2. The number of hydrogen-bond acceptors (Lipinski definition) is 4. The molecule has 0 fully saturated rings. The maximum Gasteiger partial charge on any atom is 0.250 e. The number of hydrazone groups is 1. The number of rotatable bonds is 7. The third-order valence-corrected chi connectivity index (χ3v) is 5.18. The Balaban J connectivity index is 1.48. The first kappa shape index (κ1) is 19.0. The van der Waals surface area contributed by atoms with E-state index in [9.17, 15) is 4.79 Å². The first-order chi connectivity index (χ1) is 13.2. The Morgan fingerprint density at radius 2 is 1.78 bits per heavy atom. The Kier molecular flexibility index (Phi) is 6.49. The van der Waals surface area contributed by atoms with Crippen molar-refractivity contribution in [2.75, 3.05) is 12.9 Å². The van der Waals surface area contributed by atoms with Gasteiger partial charge in [-0.2, -0.15) is 5.10 Å².